The highest BCUT2D eigenvalue weighted by molar-refractivity contribution is 7.87. The summed E-state index contributed by atoms with van der Waals surface area (Å²) < 4.78 is 60.2. The molecule has 17 heavy (non-hydrogen) atoms. The second-order valence-corrected chi connectivity index (χ2v) is 4.83. The molecular formula is C7H13F3N2O4S. The summed E-state index contributed by atoms with van der Waals surface area (Å²) in [4.78, 5) is 10.2. The summed E-state index contributed by atoms with van der Waals surface area (Å²) in [6.45, 7) is -0.771. The maximum absolute atomic E-state index is 11.8. The molecule has 0 spiro atoms. The maximum atomic E-state index is 11.8. The Labute approximate surface area is 96.6 Å². The number of hydrogen-bond acceptors (Lipinski definition) is 3. The first kappa shape index (κ1) is 16.1. The Hall–Kier alpha value is -0.870. The molecule has 0 aromatic heterocycles. The van der Waals surface area contributed by atoms with E-state index < -0.39 is 35.3 Å². The van der Waals surface area contributed by atoms with Gasteiger partial charge in [0.15, 0.2) is 0 Å². The van der Waals surface area contributed by atoms with Crippen molar-refractivity contribution in [3.05, 3.63) is 0 Å². The van der Waals surface area contributed by atoms with Gasteiger partial charge in [-0.15, -0.1) is 0 Å². The highest BCUT2D eigenvalue weighted by Crippen LogP contribution is 2.13. The first-order valence-corrected chi connectivity index (χ1v) is 6.05. The number of halogens is 3. The van der Waals surface area contributed by atoms with Gasteiger partial charge < -0.3 is 5.11 Å². The molecule has 0 heterocycles. The molecule has 0 bridgehead atoms. The molecule has 0 aromatic carbocycles. The average Bonchev–Trinajstić information content (AvgIpc) is 2.14. The summed E-state index contributed by atoms with van der Waals surface area (Å²) >= 11 is 0. The fourth-order valence-corrected chi connectivity index (χ4v) is 2.13. The van der Waals surface area contributed by atoms with E-state index in [0.29, 0.717) is 4.31 Å². The molecule has 0 aromatic rings. The van der Waals surface area contributed by atoms with Gasteiger partial charge in [0.2, 0.25) is 0 Å². The van der Waals surface area contributed by atoms with Crippen molar-refractivity contribution >= 4 is 16.2 Å². The lowest BCUT2D eigenvalue weighted by atomic mass is 10.4. The second-order valence-electron chi connectivity index (χ2n) is 3.08. The Morgan fingerprint density at radius 3 is 2.29 bits per heavy atom. The first-order valence-electron chi connectivity index (χ1n) is 4.61. The van der Waals surface area contributed by atoms with Crippen LogP contribution in [-0.2, 0) is 15.0 Å². The van der Waals surface area contributed by atoms with Crippen LogP contribution in [0.25, 0.3) is 0 Å². The van der Waals surface area contributed by atoms with Crippen molar-refractivity contribution in [3.8, 4) is 0 Å². The maximum Gasteiger partial charge on any atom is 0.402 e. The van der Waals surface area contributed by atoms with Gasteiger partial charge in [0, 0.05) is 13.1 Å². The van der Waals surface area contributed by atoms with E-state index in [1.807, 2.05) is 0 Å². The summed E-state index contributed by atoms with van der Waals surface area (Å²) in [5, 5.41) is 8.36. The van der Waals surface area contributed by atoms with Gasteiger partial charge >= 0.3 is 12.1 Å². The van der Waals surface area contributed by atoms with E-state index in [9.17, 15) is 26.4 Å². The van der Waals surface area contributed by atoms with Crippen molar-refractivity contribution in [1.82, 2.24) is 9.03 Å². The van der Waals surface area contributed by atoms with E-state index in [4.69, 9.17) is 5.11 Å². The monoisotopic (exact) mass is 278 g/mol. The number of nitrogens with one attached hydrogen (secondary N) is 1. The van der Waals surface area contributed by atoms with Gasteiger partial charge in [0.1, 0.15) is 6.54 Å². The smallest absolute Gasteiger partial charge is 0.402 e. The number of carbonyl (C=O) groups is 1. The van der Waals surface area contributed by atoms with E-state index in [0.717, 1.165) is 0 Å². The van der Waals surface area contributed by atoms with Crippen molar-refractivity contribution in [2.45, 2.75) is 19.5 Å². The molecule has 0 fully saturated rings. The Morgan fingerprint density at radius 2 is 1.94 bits per heavy atom. The zero-order chi connectivity index (χ0) is 13.7. The number of carboxylic acids is 1. The Kier molecular flexibility index (Phi) is 5.85. The summed E-state index contributed by atoms with van der Waals surface area (Å²) in [6, 6.07) is 0. The van der Waals surface area contributed by atoms with Gasteiger partial charge in [-0.25, -0.2) is 0 Å². The molecule has 102 valence electrons. The fraction of sp³-hybridized carbons (Fsp3) is 0.857. The van der Waals surface area contributed by atoms with Gasteiger partial charge in [-0.2, -0.15) is 30.6 Å². The third kappa shape index (κ3) is 7.13. The molecule has 0 atom stereocenters. The minimum Gasteiger partial charge on any atom is -0.481 e. The lowest BCUT2D eigenvalue weighted by Crippen LogP contribution is -2.44. The van der Waals surface area contributed by atoms with Crippen LogP contribution in [0.2, 0.25) is 0 Å². The van der Waals surface area contributed by atoms with Crippen molar-refractivity contribution in [1.29, 1.82) is 0 Å². The predicted molar refractivity (Wildman–Crippen MR) is 52.5 cm³/mol. The van der Waals surface area contributed by atoms with E-state index in [1.165, 1.54) is 11.6 Å². The van der Waals surface area contributed by atoms with Crippen LogP contribution in [0.15, 0.2) is 0 Å². The molecule has 0 aliphatic rings. The highest BCUT2D eigenvalue weighted by atomic mass is 32.2. The van der Waals surface area contributed by atoms with Crippen LogP contribution in [0, 0.1) is 0 Å². The molecule has 0 amide bonds. The molecule has 0 unspecified atom stereocenters. The van der Waals surface area contributed by atoms with Crippen molar-refractivity contribution in [3.63, 3.8) is 0 Å². The van der Waals surface area contributed by atoms with Gasteiger partial charge in [0.25, 0.3) is 10.2 Å². The molecule has 2 N–H and O–H groups in total. The van der Waals surface area contributed by atoms with E-state index in [1.54, 1.807) is 0 Å². The van der Waals surface area contributed by atoms with Gasteiger partial charge in [0.05, 0.1) is 6.42 Å². The molecule has 0 radical (unpaired) electrons. The summed E-state index contributed by atoms with van der Waals surface area (Å²) in [5.41, 5.74) is 0. The van der Waals surface area contributed by atoms with Crippen LogP contribution >= 0.6 is 0 Å². The lowest BCUT2D eigenvalue weighted by Gasteiger charge is -2.20. The van der Waals surface area contributed by atoms with E-state index in [2.05, 4.69) is 0 Å². The number of hydrogen-bond donors (Lipinski definition) is 2. The SMILES string of the molecule is CCN(CCC(=O)O)S(=O)(=O)NCC(F)(F)F. The zero-order valence-electron chi connectivity index (χ0n) is 8.99. The molecule has 0 rings (SSSR count). The van der Waals surface area contributed by atoms with Crippen LogP contribution in [0.4, 0.5) is 13.2 Å². The molecule has 0 aliphatic heterocycles. The highest BCUT2D eigenvalue weighted by Gasteiger charge is 2.31. The number of nitrogens with zero attached hydrogens (tertiary/aromatic N) is 1. The standard InChI is InChI=1S/C7H13F3N2O4S/c1-2-12(4-3-6(13)14)17(15,16)11-5-7(8,9)10/h11H,2-5H2,1H3,(H,13,14). The number of alkyl halides is 3. The van der Waals surface area contributed by atoms with Crippen LogP contribution in [0.3, 0.4) is 0 Å². The molecule has 0 aliphatic carbocycles. The Morgan fingerprint density at radius 1 is 1.41 bits per heavy atom. The van der Waals surface area contributed by atoms with Crippen LogP contribution in [0.1, 0.15) is 13.3 Å². The van der Waals surface area contributed by atoms with E-state index >= 15 is 0 Å². The molecule has 0 saturated heterocycles. The van der Waals surface area contributed by atoms with Crippen LogP contribution in [-0.4, -0.2) is 49.6 Å². The average molecular weight is 278 g/mol. The van der Waals surface area contributed by atoms with Crippen LogP contribution in [0.5, 0.6) is 0 Å². The third-order valence-corrected chi connectivity index (χ3v) is 3.35. The molecule has 10 heteroatoms. The van der Waals surface area contributed by atoms with Crippen molar-refractivity contribution < 1.29 is 31.5 Å². The lowest BCUT2D eigenvalue weighted by molar-refractivity contribution is -0.137. The molecular weight excluding hydrogens is 265 g/mol. The Balaban J connectivity index is 4.48. The molecule has 6 nitrogen and oxygen atoms in total. The van der Waals surface area contributed by atoms with E-state index in [-0.39, 0.29) is 13.1 Å². The van der Waals surface area contributed by atoms with Gasteiger partial charge in [-0.1, -0.05) is 6.92 Å². The topological polar surface area (TPSA) is 86.7 Å². The summed E-state index contributed by atoms with van der Waals surface area (Å²) in [7, 11) is -4.30. The van der Waals surface area contributed by atoms with Crippen molar-refractivity contribution in [2.24, 2.45) is 0 Å². The van der Waals surface area contributed by atoms with Gasteiger partial charge in [-0.3, -0.25) is 4.79 Å². The Bertz CT molecular complexity index is 355. The number of carboxylic acid groups (broad SMARTS) is 1. The largest absolute Gasteiger partial charge is 0.481 e. The summed E-state index contributed by atoms with van der Waals surface area (Å²) in [6.07, 6.45) is -5.12. The van der Waals surface area contributed by atoms with Crippen LogP contribution < -0.4 is 4.72 Å². The minimum absolute atomic E-state index is 0.111. The first-order chi connectivity index (χ1) is 7.58. The number of rotatable bonds is 7. The zero-order valence-corrected chi connectivity index (χ0v) is 9.81. The predicted octanol–water partition coefficient (Wildman–Crippen LogP) is 0.180. The molecule has 0 saturated carbocycles. The second kappa shape index (κ2) is 6.17. The minimum atomic E-state index is -4.65. The van der Waals surface area contributed by atoms with Gasteiger partial charge in [-0.05, 0) is 0 Å². The van der Waals surface area contributed by atoms with Crippen molar-refractivity contribution in [2.75, 3.05) is 19.6 Å². The third-order valence-electron chi connectivity index (χ3n) is 1.72. The normalized spacial score (nSPS) is 13.0. The fourth-order valence-electron chi connectivity index (χ4n) is 0.933. The summed E-state index contributed by atoms with van der Waals surface area (Å²) in [5.74, 6) is -1.23. The number of aliphatic carboxylic acids is 1. The quantitative estimate of drug-likeness (QED) is 0.695.